The maximum atomic E-state index is 13.3. The van der Waals surface area contributed by atoms with Crippen molar-refractivity contribution in [3.8, 4) is 5.75 Å². The van der Waals surface area contributed by atoms with E-state index in [4.69, 9.17) is 4.74 Å². The molecule has 2 N–H and O–H groups in total. The normalized spacial score (nSPS) is 16.6. The molecule has 0 fully saturated rings. The fourth-order valence-electron chi connectivity index (χ4n) is 3.60. The number of benzene rings is 2. The van der Waals surface area contributed by atoms with Crippen molar-refractivity contribution in [1.29, 1.82) is 0 Å². The second-order valence-electron chi connectivity index (χ2n) is 8.74. The first kappa shape index (κ1) is 22.7. The van der Waals surface area contributed by atoms with Gasteiger partial charge in [-0.1, -0.05) is 18.2 Å². The minimum absolute atomic E-state index is 0.195. The van der Waals surface area contributed by atoms with Crippen LogP contribution in [0.4, 0.5) is 5.69 Å². The van der Waals surface area contributed by atoms with Gasteiger partial charge in [-0.3, -0.25) is 14.6 Å². The number of nitrogens with zero attached hydrogens (tertiary/aromatic N) is 2. The Labute approximate surface area is 184 Å². The molecule has 0 saturated carbocycles. The first-order valence-corrected chi connectivity index (χ1v) is 10.9. The minimum Gasteiger partial charge on any atom is -0.494 e. The number of rotatable bonds is 8. The Balaban J connectivity index is 1.80. The zero-order valence-corrected chi connectivity index (χ0v) is 18.8. The van der Waals surface area contributed by atoms with Gasteiger partial charge in [0.2, 0.25) is 5.91 Å². The van der Waals surface area contributed by atoms with E-state index in [2.05, 4.69) is 31.1 Å². The molecule has 0 radical (unpaired) electrons. The largest absolute Gasteiger partial charge is 0.494 e. The Kier molecular flexibility index (Phi) is 7.23. The molecule has 0 unspecified atom stereocenters. The summed E-state index contributed by atoms with van der Waals surface area (Å²) in [6.07, 6.45) is 2.63. The highest BCUT2D eigenvalue weighted by atomic mass is 16.5. The molecule has 1 aliphatic heterocycles. The molecule has 1 atom stereocenters. The summed E-state index contributed by atoms with van der Waals surface area (Å²) in [4.78, 5) is 32.2. The molecule has 2 aromatic carbocycles. The standard InChI is InChI=1S/C25H31N3O3/c1-5-31-19-13-11-18(12-14-19)28-23(29)21-10-7-6-9-20(21)22(24(28)30)17-26-15-8-16-27-25(2,3)4/h6-7,9-14,17,22,27H,5,8,15-16H2,1-4H3/p+1/t22-/m1/s1. The highest BCUT2D eigenvalue weighted by Crippen LogP contribution is 2.32. The van der Waals surface area contributed by atoms with Crippen LogP contribution in [0.2, 0.25) is 0 Å². The van der Waals surface area contributed by atoms with Gasteiger partial charge in [-0.2, -0.15) is 0 Å². The lowest BCUT2D eigenvalue weighted by Crippen LogP contribution is -2.94. The second-order valence-corrected chi connectivity index (χ2v) is 8.74. The van der Waals surface area contributed by atoms with Gasteiger partial charge in [0.15, 0.2) is 0 Å². The van der Waals surface area contributed by atoms with Crippen molar-refractivity contribution >= 4 is 23.7 Å². The summed E-state index contributed by atoms with van der Waals surface area (Å²) in [6, 6.07) is 14.3. The first-order valence-electron chi connectivity index (χ1n) is 10.9. The monoisotopic (exact) mass is 422 g/mol. The molecule has 2 amide bonds. The summed E-state index contributed by atoms with van der Waals surface area (Å²) in [7, 11) is 0. The topological polar surface area (TPSA) is 75.6 Å². The highest BCUT2D eigenvalue weighted by Gasteiger charge is 2.38. The molecule has 3 rings (SSSR count). The van der Waals surface area contributed by atoms with Gasteiger partial charge in [-0.15, -0.1) is 0 Å². The summed E-state index contributed by atoms with van der Waals surface area (Å²) in [6.45, 7) is 10.6. The first-order chi connectivity index (χ1) is 14.8. The van der Waals surface area contributed by atoms with Crippen molar-refractivity contribution in [2.75, 3.05) is 24.6 Å². The Morgan fingerprint density at radius 3 is 2.48 bits per heavy atom. The van der Waals surface area contributed by atoms with Crippen molar-refractivity contribution in [3.63, 3.8) is 0 Å². The number of imide groups is 1. The molecule has 1 heterocycles. The molecular weight excluding hydrogens is 390 g/mol. The zero-order chi connectivity index (χ0) is 22.4. The number of fused-ring (bicyclic) bond motifs is 1. The molecule has 6 nitrogen and oxygen atoms in total. The van der Waals surface area contributed by atoms with Crippen molar-refractivity contribution in [3.05, 3.63) is 59.7 Å². The average Bonchev–Trinajstić information content (AvgIpc) is 2.73. The fourth-order valence-corrected chi connectivity index (χ4v) is 3.60. The molecular formula is C25H32N3O3+. The Morgan fingerprint density at radius 1 is 1.10 bits per heavy atom. The molecule has 164 valence electrons. The third-order valence-electron chi connectivity index (χ3n) is 5.12. The SMILES string of the molecule is CCOc1ccc(N2C(=O)c3ccccc3[C@@H](C=NCCC[NH2+]C(C)(C)C)C2=O)cc1. The Bertz CT molecular complexity index is 945. The van der Waals surface area contributed by atoms with E-state index < -0.39 is 5.92 Å². The summed E-state index contributed by atoms with van der Waals surface area (Å²) in [5.41, 5.74) is 1.98. The number of nitrogens with two attached hydrogens (primary N) is 1. The highest BCUT2D eigenvalue weighted by molar-refractivity contribution is 6.29. The van der Waals surface area contributed by atoms with Crippen LogP contribution >= 0.6 is 0 Å². The maximum Gasteiger partial charge on any atom is 0.265 e. The van der Waals surface area contributed by atoms with E-state index in [0.717, 1.165) is 13.0 Å². The quantitative estimate of drug-likeness (QED) is 0.403. The van der Waals surface area contributed by atoms with Crippen LogP contribution < -0.4 is 15.0 Å². The van der Waals surface area contributed by atoms with Gasteiger partial charge in [0.1, 0.15) is 5.75 Å². The molecule has 0 aliphatic carbocycles. The van der Waals surface area contributed by atoms with Gasteiger partial charge in [-0.05, 0) is 63.6 Å². The summed E-state index contributed by atoms with van der Waals surface area (Å²) in [5, 5.41) is 2.29. The predicted octanol–water partition coefficient (Wildman–Crippen LogP) is 3.18. The van der Waals surface area contributed by atoms with Crippen LogP contribution in [0.1, 0.15) is 56.0 Å². The second kappa shape index (κ2) is 9.88. The molecule has 6 heteroatoms. The molecule has 2 aromatic rings. The minimum atomic E-state index is -0.577. The number of ether oxygens (including phenoxy) is 1. The Morgan fingerprint density at radius 2 is 1.81 bits per heavy atom. The van der Waals surface area contributed by atoms with E-state index in [-0.39, 0.29) is 17.4 Å². The van der Waals surface area contributed by atoms with E-state index in [9.17, 15) is 9.59 Å². The van der Waals surface area contributed by atoms with Crippen LogP contribution in [-0.2, 0) is 4.79 Å². The molecule has 0 spiro atoms. The maximum absolute atomic E-state index is 13.3. The number of carbonyl (C=O) groups is 2. The van der Waals surface area contributed by atoms with E-state index in [1.165, 1.54) is 4.90 Å². The Hall–Kier alpha value is -2.99. The van der Waals surface area contributed by atoms with E-state index in [1.807, 2.05) is 25.1 Å². The fraction of sp³-hybridized carbons (Fsp3) is 0.400. The lowest BCUT2D eigenvalue weighted by atomic mass is 9.89. The molecule has 0 saturated heterocycles. The molecule has 0 aromatic heterocycles. The average molecular weight is 423 g/mol. The van der Waals surface area contributed by atoms with Crippen LogP contribution in [0.3, 0.4) is 0 Å². The number of amides is 2. The van der Waals surface area contributed by atoms with Crippen LogP contribution in [0.15, 0.2) is 53.5 Å². The molecule has 0 bridgehead atoms. The van der Waals surface area contributed by atoms with Gasteiger partial charge < -0.3 is 10.1 Å². The third kappa shape index (κ3) is 5.58. The zero-order valence-electron chi connectivity index (χ0n) is 18.8. The lowest BCUT2D eigenvalue weighted by Gasteiger charge is -2.31. The predicted molar refractivity (Wildman–Crippen MR) is 123 cm³/mol. The molecule has 1 aliphatic rings. The summed E-state index contributed by atoms with van der Waals surface area (Å²) in [5.74, 6) is -0.465. The number of hydrogen-bond acceptors (Lipinski definition) is 4. The van der Waals surface area contributed by atoms with Gasteiger partial charge in [-0.25, -0.2) is 4.90 Å². The van der Waals surface area contributed by atoms with Crippen LogP contribution in [-0.4, -0.2) is 43.3 Å². The summed E-state index contributed by atoms with van der Waals surface area (Å²) >= 11 is 0. The van der Waals surface area contributed by atoms with Crippen molar-refractivity contribution in [2.24, 2.45) is 4.99 Å². The van der Waals surface area contributed by atoms with Gasteiger partial charge in [0.25, 0.3) is 5.91 Å². The van der Waals surface area contributed by atoms with Crippen LogP contribution in [0.25, 0.3) is 0 Å². The van der Waals surface area contributed by atoms with E-state index >= 15 is 0 Å². The van der Waals surface area contributed by atoms with Crippen LogP contribution in [0, 0.1) is 0 Å². The van der Waals surface area contributed by atoms with Gasteiger partial charge in [0.05, 0.1) is 30.3 Å². The van der Waals surface area contributed by atoms with E-state index in [0.29, 0.717) is 35.7 Å². The number of aliphatic imine (C=N–C) groups is 1. The third-order valence-corrected chi connectivity index (χ3v) is 5.12. The van der Waals surface area contributed by atoms with Gasteiger partial charge >= 0.3 is 0 Å². The van der Waals surface area contributed by atoms with Crippen molar-refractivity contribution < 1.29 is 19.6 Å². The number of quaternary nitrogens is 1. The number of carbonyl (C=O) groups excluding carboxylic acids is 2. The smallest absolute Gasteiger partial charge is 0.265 e. The van der Waals surface area contributed by atoms with Crippen LogP contribution in [0.5, 0.6) is 5.75 Å². The van der Waals surface area contributed by atoms with Gasteiger partial charge in [0, 0.05) is 24.7 Å². The molecule has 31 heavy (non-hydrogen) atoms. The number of anilines is 1. The number of hydrogen-bond donors (Lipinski definition) is 1. The lowest BCUT2D eigenvalue weighted by molar-refractivity contribution is -0.716. The van der Waals surface area contributed by atoms with E-state index in [1.54, 1.807) is 36.5 Å². The van der Waals surface area contributed by atoms with Crippen molar-refractivity contribution in [2.45, 2.75) is 45.6 Å². The van der Waals surface area contributed by atoms with Crippen molar-refractivity contribution in [1.82, 2.24) is 0 Å². The summed E-state index contributed by atoms with van der Waals surface area (Å²) < 4.78 is 5.47.